The fourth-order valence-electron chi connectivity index (χ4n) is 4.07. The molecule has 2 aromatic heterocycles. The summed E-state index contributed by atoms with van der Waals surface area (Å²) >= 11 is 1.47. The van der Waals surface area contributed by atoms with E-state index in [4.69, 9.17) is 9.47 Å². The van der Waals surface area contributed by atoms with Gasteiger partial charge in [0.1, 0.15) is 13.2 Å². The predicted molar refractivity (Wildman–Crippen MR) is 117 cm³/mol. The van der Waals surface area contributed by atoms with Gasteiger partial charge in [0.15, 0.2) is 11.5 Å². The van der Waals surface area contributed by atoms with Gasteiger partial charge in [-0.15, -0.1) is 5.10 Å². The fraction of sp³-hybridized carbons (Fsp3) is 0.455. The highest BCUT2D eigenvalue weighted by Gasteiger charge is 2.34. The van der Waals surface area contributed by atoms with Crippen molar-refractivity contribution in [2.24, 2.45) is 5.92 Å². The number of carbonyl (C=O) groups excluding carboxylic acids is 1. The molecule has 1 saturated carbocycles. The summed E-state index contributed by atoms with van der Waals surface area (Å²) in [7, 11) is 0. The molecule has 5 rings (SSSR count). The normalized spacial score (nSPS) is 16.4. The van der Waals surface area contributed by atoms with E-state index in [1.165, 1.54) is 11.8 Å². The van der Waals surface area contributed by atoms with E-state index in [0.29, 0.717) is 30.1 Å². The lowest BCUT2D eigenvalue weighted by Crippen LogP contribution is -2.32. The van der Waals surface area contributed by atoms with Crippen LogP contribution in [-0.4, -0.2) is 45.0 Å². The molecule has 0 bridgehead atoms. The lowest BCUT2D eigenvalue weighted by molar-refractivity contribution is -0.121. The Balaban J connectivity index is 1.38. The van der Waals surface area contributed by atoms with E-state index in [0.717, 1.165) is 46.9 Å². The first-order valence-corrected chi connectivity index (χ1v) is 11.7. The van der Waals surface area contributed by atoms with Gasteiger partial charge in [-0.05, 0) is 56.6 Å². The monoisotopic (exact) mass is 439 g/mol. The summed E-state index contributed by atoms with van der Waals surface area (Å²) in [5, 5.41) is 8.40. The van der Waals surface area contributed by atoms with Crippen LogP contribution in [0, 0.1) is 19.8 Å². The van der Waals surface area contributed by atoms with Crippen LogP contribution < -0.4 is 14.8 Å². The molecule has 1 aliphatic carbocycles. The summed E-state index contributed by atoms with van der Waals surface area (Å²) in [6, 6.07) is 5.93. The minimum Gasteiger partial charge on any atom is -0.486 e. The zero-order valence-corrected chi connectivity index (χ0v) is 18.7. The van der Waals surface area contributed by atoms with Gasteiger partial charge in [-0.3, -0.25) is 4.79 Å². The Hall–Kier alpha value is -2.81. The molecule has 1 atom stereocenters. The molecule has 1 aliphatic heterocycles. The Morgan fingerprint density at radius 2 is 2.00 bits per heavy atom. The molecule has 162 valence electrons. The maximum absolute atomic E-state index is 13.1. The summed E-state index contributed by atoms with van der Waals surface area (Å²) in [6.45, 7) is 4.99. The minimum absolute atomic E-state index is 0.0238. The van der Waals surface area contributed by atoms with Gasteiger partial charge in [0, 0.05) is 17.0 Å². The van der Waals surface area contributed by atoms with Gasteiger partial charge in [-0.25, -0.2) is 9.50 Å². The molecular formula is C22H25N5O3S. The van der Waals surface area contributed by atoms with Crippen molar-refractivity contribution >= 4 is 23.4 Å². The molecule has 8 nitrogen and oxygen atoms in total. The summed E-state index contributed by atoms with van der Waals surface area (Å²) in [5.74, 6) is 2.51. The third-order valence-corrected chi connectivity index (χ3v) is 6.42. The summed E-state index contributed by atoms with van der Waals surface area (Å²) in [6.07, 6.45) is 4.41. The van der Waals surface area contributed by atoms with Crippen LogP contribution in [0.15, 0.2) is 23.4 Å². The largest absolute Gasteiger partial charge is 0.486 e. The molecular weight excluding hydrogens is 414 g/mol. The number of fused-ring (bicyclic) bond motifs is 2. The number of ether oxygens (including phenoxy) is 2. The molecule has 1 aromatic carbocycles. The van der Waals surface area contributed by atoms with E-state index >= 15 is 0 Å². The standard InChI is InChI=1S/C22H25N5O3S/c1-12-16(13(2)27-21(23-12)25-22(26-27)31-3)11-19(28)24-20(14-4-5-14)15-6-7-17-18(10-15)30-9-8-29-17/h6-7,10,14,20H,4-5,8-9,11H2,1-3H3,(H,24,28). The van der Waals surface area contributed by atoms with Gasteiger partial charge in [0.25, 0.3) is 5.78 Å². The maximum atomic E-state index is 13.1. The average molecular weight is 440 g/mol. The van der Waals surface area contributed by atoms with Gasteiger partial charge in [-0.2, -0.15) is 4.98 Å². The second-order valence-corrected chi connectivity index (χ2v) is 8.81. The van der Waals surface area contributed by atoms with Crippen LogP contribution in [0.3, 0.4) is 0 Å². The number of hydrogen-bond donors (Lipinski definition) is 1. The summed E-state index contributed by atoms with van der Waals surface area (Å²) < 4.78 is 13.1. The number of amides is 1. The molecule has 3 aromatic rings. The number of rotatable bonds is 6. The molecule has 1 unspecified atom stereocenters. The predicted octanol–water partition coefficient (Wildman–Crippen LogP) is 3.04. The summed E-state index contributed by atoms with van der Waals surface area (Å²) in [4.78, 5) is 22.0. The fourth-order valence-corrected chi connectivity index (χ4v) is 4.41. The highest BCUT2D eigenvalue weighted by Crippen LogP contribution is 2.43. The van der Waals surface area contributed by atoms with Crippen molar-refractivity contribution in [2.45, 2.75) is 44.3 Å². The van der Waals surface area contributed by atoms with Crippen molar-refractivity contribution in [1.82, 2.24) is 24.9 Å². The van der Waals surface area contributed by atoms with Crippen LogP contribution in [0.1, 0.15) is 41.4 Å². The lowest BCUT2D eigenvalue weighted by Gasteiger charge is -2.23. The molecule has 0 radical (unpaired) electrons. The van der Waals surface area contributed by atoms with Gasteiger partial charge >= 0.3 is 0 Å². The first-order chi connectivity index (χ1) is 15.0. The van der Waals surface area contributed by atoms with Gasteiger partial charge in [0.2, 0.25) is 11.1 Å². The average Bonchev–Trinajstić information content (AvgIpc) is 3.53. The molecule has 3 heterocycles. The van der Waals surface area contributed by atoms with Gasteiger partial charge < -0.3 is 14.8 Å². The second kappa shape index (κ2) is 8.03. The Labute approximate surface area is 184 Å². The maximum Gasteiger partial charge on any atom is 0.253 e. The number of carbonyl (C=O) groups is 1. The highest BCUT2D eigenvalue weighted by molar-refractivity contribution is 7.98. The Kier molecular flexibility index (Phi) is 5.21. The first kappa shape index (κ1) is 20.1. The Bertz CT molecular complexity index is 1160. The quantitative estimate of drug-likeness (QED) is 0.590. The smallest absolute Gasteiger partial charge is 0.253 e. The number of thioether (sulfide) groups is 1. The van der Waals surface area contributed by atoms with Gasteiger partial charge in [0.05, 0.1) is 12.5 Å². The van der Waals surface area contributed by atoms with Crippen LogP contribution >= 0.6 is 11.8 Å². The van der Waals surface area contributed by atoms with E-state index in [9.17, 15) is 4.79 Å². The van der Waals surface area contributed by atoms with Crippen LogP contribution in [0.4, 0.5) is 0 Å². The molecule has 1 fully saturated rings. The van der Waals surface area contributed by atoms with Crippen LogP contribution in [0.25, 0.3) is 5.78 Å². The zero-order valence-electron chi connectivity index (χ0n) is 17.8. The number of aryl methyl sites for hydroxylation is 2. The Morgan fingerprint density at radius 3 is 2.74 bits per heavy atom. The van der Waals surface area contributed by atoms with E-state index in [-0.39, 0.29) is 18.4 Å². The minimum atomic E-state index is -0.0323. The third-order valence-electron chi connectivity index (χ3n) is 5.88. The van der Waals surface area contributed by atoms with Gasteiger partial charge in [-0.1, -0.05) is 17.8 Å². The van der Waals surface area contributed by atoms with Crippen molar-refractivity contribution < 1.29 is 14.3 Å². The Morgan fingerprint density at radius 1 is 1.23 bits per heavy atom. The first-order valence-electron chi connectivity index (χ1n) is 10.5. The molecule has 31 heavy (non-hydrogen) atoms. The van der Waals surface area contributed by atoms with Crippen LogP contribution in [0.5, 0.6) is 11.5 Å². The summed E-state index contributed by atoms with van der Waals surface area (Å²) in [5.41, 5.74) is 3.65. The number of nitrogens with zero attached hydrogens (tertiary/aromatic N) is 4. The molecule has 1 amide bonds. The second-order valence-electron chi connectivity index (χ2n) is 8.03. The number of aromatic nitrogens is 4. The van der Waals surface area contributed by atoms with Crippen molar-refractivity contribution in [3.63, 3.8) is 0 Å². The highest BCUT2D eigenvalue weighted by atomic mass is 32.2. The lowest BCUT2D eigenvalue weighted by atomic mass is 10.0. The van der Waals surface area contributed by atoms with Crippen LogP contribution in [-0.2, 0) is 11.2 Å². The number of hydrogen-bond acceptors (Lipinski definition) is 7. The van der Waals surface area contributed by atoms with E-state index in [2.05, 4.69) is 20.4 Å². The molecule has 0 saturated heterocycles. The van der Waals surface area contributed by atoms with E-state index < -0.39 is 0 Å². The third kappa shape index (κ3) is 3.94. The number of nitrogens with one attached hydrogen (secondary N) is 1. The van der Waals surface area contributed by atoms with Crippen LogP contribution in [0.2, 0.25) is 0 Å². The topological polar surface area (TPSA) is 90.6 Å². The van der Waals surface area contributed by atoms with E-state index in [1.807, 2.05) is 38.3 Å². The van der Waals surface area contributed by atoms with E-state index in [1.54, 1.807) is 4.52 Å². The molecule has 1 N–H and O–H groups in total. The van der Waals surface area contributed by atoms with Crippen molar-refractivity contribution in [3.8, 4) is 11.5 Å². The number of benzene rings is 1. The molecule has 9 heteroatoms. The van der Waals surface area contributed by atoms with Crippen molar-refractivity contribution in [1.29, 1.82) is 0 Å². The van der Waals surface area contributed by atoms with Crippen molar-refractivity contribution in [2.75, 3.05) is 19.5 Å². The SMILES string of the molecule is CSc1nc2nc(C)c(CC(=O)NC(c3ccc4c(c3)OCCO4)C3CC3)c(C)n2n1. The van der Waals surface area contributed by atoms with Crippen molar-refractivity contribution in [3.05, 3.63) is 40.7 Å². The molecule has 0 spiro atoms. The molecule has 2 aliphatic rings. The zero-order chi connectivity index (χ0) is 21.5.